The van der Waals surface area contributed by atoms with Gasteiger partial charge in [-0.05, 0) is 31.2 Å². The quantitative estimate of drug-likeness (QED) is 0.802. The van der Waals surface area contributed by atoms with Gasteiger partial charge in [-0.3, -0.25) is 8.89 Å². The van der Waals surface area contributed by atoms with Gasteiger partial charge in [-0.15, -0.1) is 0 Å². The lowest BCUT2D eigenvalue weighted by Crippen LogP contribution is -1.99. The van der Waals surface area contributed by atoms with Crippen LogP contribution in [0.15, 0.2) is 35.4 Å². The summed E-state index contributed by atoms with van der Waals surface area (Å²) in [5.74, 6) is 0.510. The normalized spacial score (nSPS) is 12.5. The molecule has 1 atom stereocenters. The van der Waals surface area contributed by atoms with Crippen molar-refractivity contribution in [1.29, 1.82) is 0 Å². The molecule has 0 radical (unpaired) electrons. The average molecular weight is 301 g/mol. The lowest BCUT2D eigenvalue weighted by molar-refractivity contribution is 0.687. The first kappa shape index (κ1) is 13.7. The van der Waals surface area contributed by atoms with Crippen molar-refractivity contribution in [3.05, 3.63) is 36.2 Å². The number of nitrogens with zero attached hydrogens (tertiary/aromatic N) is 4. The van der Waals surface area contributed by atoms with Gasteiger partial charge in [-0.1, -0.05) is 0 Å². The fourth-order valence-corrected chi connectivity index (χ4v) is 2.64. The van der Waals surface area contributed by atoms with E-state index in [2.05, 4.69) is 20.4 Å². The van der Waals surface area contributed by atoms with Crippen LogP contribution in [0.25, 0.3) is 11.0 Å². The van der Waals surface area contributed by atoms with Gasteiger partial charge in [0, 0.05) is 40.9 Å². The minimum absolute atomic E-state index is 0.510. The third kappa shape index (κ3) is 2.64. The number of aromatic nitrogens is 4. The Morgan fingerprint density at radius 3 is 2.62 bits per heavy atom. The summed E-state index contributed by atoms with van der Waals surface area (Å²) in [6, 6.07) is 7.37. The summed E-state index contributed by atoms with van der Waals surface area (Å²) in [5, 5.41) is 8.40. The molecule has 7 heteroatoms. The molecule has 3 rings (SSSR count). The van der Waals surface area contributed by atoms with Crippen molar-refractivity contribution in [2.45, 2.75) is 11.8 Å². The van der Waals surface area contributed by atoms with Crippen LogP contribution in [0, 0.1) is 6.92 Å². The summed E-state index contributed by atoms with van der Waals surface area (Å²) >= 11 is 0. The van der Waals surface area contributed by atoms with Gasteiger partial charge >= 0.3 is 0 Å². The molecule has 21 heavy (non-hydrogen) atoms. The molecule has 0 fully saturated rings. The van der Waals surface area contributed by atoms with E-state index in [1.165, 1.54) is 0 Å². The first-order chi connectivity index (χ1) is 10.0. The highest BCUT2D eigenvalue weighted by Gasteiger charge is 2.08. The Hall–Kier alpha value is -2.28. The van der Waals surface area contributed by atoms with Crippen molar-refractivity contribution in [3.63, 3.8) is 0 Å². The van der Waals surface area contributed by atoms with Crippen LogP contribution in [0.1, 0.15) is 5.69 Å². The second-order valence-corrected chi connectivity index (χ2v) is 6.12. The smallest absolute Gasteiger partial charge is 0.229 e. The minimum Gasteiger partial charge on any atom is -0.324 e. The first-order valence-corrected chi connectivity index (χ1v) is 7.97. The third-order valence-electron chi connectivity index (χ3n) is 3.21. The van der Waals surface area contributed by atoms with Gasteiger partial charge in [0.1, 0.15) is 0 Å². The van der Waals surface area contributed by atoms with E-state index < -0.39 is 10.8 Å². The number of benzene rings is 1. The number of anilines is 2. The zero-order chi connectivity index (χ0) is 15.0. The zero-order valence-corrected chi connectivity index (χ0v) is 12.8. The Morgan fingerprint density at radius 1 is 1.24 bits per heavy atom. The number of aryl methyl sites for hydroxylation is 2. The Morgan fingerprint density at radius 2 is 1.95 bits per heavy atom. The summed E-state index contributed by atoms with van der Waals surface area (Å²) < 4.78 is 13.1. The molecule has 108 valence electrons. The van der Waals surface area contributed by atoms with Crippen LogP contribution < -0.4 is 5.32 Å². The van der Waals surface area contributed by atoms with Crippen LogP contribution in [-0.2, 0) is 17.8 Å². The topological polar surface area (TPSA) is 72.7 Å². The molecule has 0 aliphatic heterocycles. The minimum atomic E-state index is -0.973. The summed E-state index contributed by atoms with van der Waals surface area (Å²) in [4.78, 5) is 9.56. The van der Waals surface area contributed by atoms with Crippen LogP contribution in [0.4, 0.5) is 11.6 Å². The molecule has 6 nitrogen and oxygen atoms in total. The molecule has 1 N–H and O–H groups in total. The lowest BCUT2D eigenvalue weighted by Gasteiger charge is -2.05. The molecular formula is C14H15N5OS. The average Bonchev–Trinajstić information content (AvgIpc) is 2.74. The van der Waals surface area contributed by atoms with Crippen LogP contribution in [0.2, 0.25) is 0 Å². The van der Waals surface area contributed by atoms with Crippen LogP contribution >= 0.6 is 0 Å². The molecule has 2 aromatic heterocycles. The summed E-state index contributed by atoms with van der Waals surface area (Å²) in [6.45, 7) is 1.93. The van der Waals surface area contributed by atoms with Crippen molar-refractivity contribution in [1.82, 2.24) is 19.7 Å². The molecule has 1 unspecified atom stereocenters. The molecule has 0 amide bonds. The summed E-state index contributed by atoms with van der Waals surface area (Å²) in [5.41, 5.74) is 2.55. The number of hydrogen-bond donors (Lipinski definition) is 1. The van der Waals surface area contributed by atoms with E-state index >= 15 is 0 Å². The Labute approximate surface area is 124 Å². The van der Waals surface area contributed by atoms with E-state index in [9.17, 15) is 4.21 Å². The van der Waals surface area contributed by atoms with Gasteiger partial charge in [0.25, 0.3) is 0 Å². The van der Waals surface area contributed by atoms with E-state index in [1.54, 1.807) is 17.1 Å². The number of fused-ring (bicyclic) bond motifs is 1. The lowest BCUT2D eigenvalue weighted by atomic mass is 10.3. The van der Waals surface area contributed by atoms with Crippen LogP contribution in [-0.4, -0.2) is 30.2 Å². The maximum atomic E-state index is 11.4. The molecule has 0 bridgehead atoms. The van der Waals surface area contributed by atoms with E-state index in [-0.39, 0.29) is 0 Å². The molecule has 0 aliphatic rings. The fourth-order valence-electron chi connectivity index (χ4n) is 2.12. The summed E-state index contributed by atoms with van der Waals surface area (Å²) in [7, 11) is 0.885. The highest BCUT2D eigenvalue weighted by Crippen LogP contribution is 2.19. The van der Waals surface area contributed by atoms with Crippen molar-refractivity contribution in [2.24, 2.45) is 7.05 Å². The number of rotatable bonds is 3. The first-order valence-electron chi connectivity index (χ1n) is 6.41. The maximum Gasteiger partial charge on any atom is 0.229 e. The highest BCUT2D eigenvalue weighted by atomic mass is 32.2. The maximum absolute atomic E-state index is 11.4. The molecule has 0 spiro atoms. The molecule has 0 aliphatic carbocycles. The largest absolute Gasteiger partial charge is 0.324 e. The molecule has 0 saturated carbocycles. The van der Waals surface area contributed by atoms with Crippen LogP contribution in [0.3, 0.4) is 0 Å². The monoisotopic (exact) mass is 301 g/mol. The summed E-state index contributed by atoms with van der Waals surface area (Å²) in [6.07, 6.45) is 3.42. The Balaban J connectivity index is 1.90. The van der Waals surface area contributed by atoms with Crippen LogP contribution in [0.5, 0.6) is 0 Å². The van der Waals surface area contributed by atoms with Gasteiger partial charge in [0.2, 0.25) is 5.95 Å². The molecule has 0 saturated heterocycles. The SMILES string of the molecule is Cc1nn(C)c2nc(Nc3ccc(S(C)=O)cc3)ncc12. The second-order valence-electron chi connectivity index (χ2n) is 4.74. The van der Waals surface area contributed by atoms with E-state index in [0.29, 0.717) is 5.95 Å². The van der Waals surface area contributed by atoms with Crippen molar-refractivity contribution in [3.8, 4) is 0 Å². The third-order valence-corrected chi connectivity index (χ3v) is 4.14. The fraction of sp³-hybridized carbons (Fsp3) is 0.214. The Kier molecular flexibility index (Phi) is 3.42. The standard InChI is InChI=1S/C14H15N5OS/c1-9-12-8-15-14(17-13(12)19(2)18-9)16-10-4-6-11(7-5-10)21(3)20/h4-8H,1-3H3,(H,15,16,17). The van der Waals surface area contributed by atoms with Gasteiger partial charge in [0.15, 0.2) is 5.65 Å². The van der Waals surface area contributed by atoms with Gasteiger partial charge in [0.05, 0.1) is 11.1 Å². The van der Waals surface area contributed by atoms with E-state index in [1.807, 2.05) is 38.2 Å². The van der Waals surface area contributed by atoms with Gasteiger partial charge in [-0.25, -0.2) is 4.98 Å². The molecular weight excluding hydrogens is 286 g/mol. The van der Waals surface area contributed by atoms with E-state index in [4.69, 9.17) is 0 Å². The highest BCUT2D eigenvalue weighted by molar-refractivity contribution is 7.84. The Bertz CT molecular complexity index is 825. The molecule has 3 aromatic rings. The molecule has 2 heterocycles. The van der Waals surface area contributed by atoms with Gasteiger partial charge in [-0.2, -0.15) is 10.1 Å². The second kappa shape index (κ2) is 5.25. The number of nitrogens with one attached hydrogen (secondary N) is 1. The van der Waals surface area contributed by atoms with Crippen molar-refractivity contribution in [2.75, 3.05) is 11.6 Å². The predicted octanol–water partition coefficient (Wildman–Crippen LogP) is 2.15. The van der Waals surface area contributed by atoms with E-state index in [0.717, 1.165) is 27.3 Å². The number of hydrogen-bond acceptors (Lipinski definition) is 5. The van der Waals surface area contributed by atoms with Crippen molar-refractivity contribution < 1.29 is 4.21 Å². The predicted molar refractivity (Wildman–Crippen MR) is 83.1 cm³/mol. The zero-order valence-electron chi connectivity index (χ0n) is 12.0. The van der Waals surface area contributed by atoms with Crippen molar-refractivity contribution >= 4 is 33.5 Å². The van der Waals surface area contributed by atoms with Gasteiger partial charge < -0.3 is 5.32 Å². The molecule has 1 aromatic carbocycles.